The van der Waals surface area contributed by atoms with Crippen molar-refractivity contribution in [2.75, 3.05) is 6.61 Å². The predicted octanol–water partition coefficient (Wildman–Crippen LogP) is 5.68. The average molecular weight is 373 g/mol. The molecular formula is C22H23ClO3. The minimum absolute atomic E-state index is 0.499. The van der Waals surface area contributed by atoms with E-state index in [1.165, 1.54) is 16.7 Å². The molecule has 3 nitrogen and oxygen atoms in total. The SMILES string of the molecule is [2H]C(C(=O)O)C([2H])c1ccc(OCC2=C(c3ccc(Cl)cc3)CCC2)c(C)c1. The van der Waals surface area contributed by atoms with Crippen LogP contribution >= 0.6 is 11.6 Å². The highest BCUT2D eigenvalue weighted by Gasteiger charge is 2.17. The lowest BCUT2D eigenvalue weighted by Crippen LogP contribution is -2.03. The molecular weight excluding hydrogens is 348 g/mol. The Labute approximate surface area is 162 Å². The predicted molar refractivity (Wildman–Crippen MR) is 105 cm³/mol. The zero-order valence-electron chi connectivity index (χ0n) is 16.7. The summed E-state index contributed by atoms with van der Waals surface area (Å²) in [5.41, 5.74) is 5.12. The molecule has 1 aliphatic rings. The molecule has 26 heavy (non-hydrogen) atoms. The molecule has 0 heterocycles. The van der Waals surface area contributed by atoms with Crippen LogP contribution in [0.5, 0.6) is 5.75 Å². The Balaban J connectivity index is 1.72. The maximum absolute atomic E-state index is 10.9. The first-order valence-corrected chi connectivity index (χ1v) is 9.02. The number of benzene rings is 2. The number of ether oxygens (including phenoxy) is 1. The fourth-order valence-electron chi connectivity index (χ4n) is 3.24. The van der Waals surface area contributed by atoms with Crippen LogP contribution in [-0.2, 0) is 11.2 Å². The molecule has 136 valence electrons. The Morgan fingerprint density at radius 3 is 2.69 bits per heavy atom. The Hall–Kier alpha value is -2.26. The largest absolute Gasteiger partial charge is 0.489 e. The van der Waals surface area contributed by atoms with Gasteiger partial charge in [-0.2, -0.15) is 0 Å². The van der Waals surface area contributed by atoms with Crippen LogP contribution in [0.4, 0.5) is 0 Å². The number of carbonyl (C=O) groups is 1. The van der Waals surface area contributed by atoms with Gasteiger partial charge in [-0.3, -0.25) is 4.79 Å². The molecule has 0 amide bonds. The molecule has 2 aromatic rings. The number of halogens is 1. The molecule has 0 radical (unpaired) electrons. The van der Waals surface area contributed by atoms with Crippen molar-refractivity contribution in [2.24, 2.45) is 0 Å². The minimum atomic E-state index is -1.50. The highest BCUT2D eigenvalue weighted by molar-refractivity contribution is 6.30. The fraction of sp³-hybridized carbons (Fsp3) is 0.318. The average Bonchev–Trinajstić information content (AvgIpc) is 3.15. The number of hydrogen-bond donors (Lipinski definition) is 1. The summed E-state index contributed by atoms with van der Waals surface area (Å²) in [6, 6.07) is 13.1. The second-order valence-electron chi connectivity index (χ2n) is 6.43. The standard InChI is InChI=1S/C22H23ClO3/c1-15-13-16(6-12-22(24)25)5-11-21(15)26-14-18-3-2-4-20(18)17-7-9-19(23)10-8-17/h5,7-11,13H,2-4,6,12,14H2,1H3,(H,24,25)/i6D,12D. The number of allylic oxidation sites excluding steroid dienone is 1. The third kappa shape index (κ3) is 4.67. The number of carboxylic acid groups (broad SMARTS) is 1. The van der Waals surface area contributed by atoms with Crippen LogP contribution in [0.3, 0.4) is 0 Å². The van der Waals surface area contributed by atoms with Gasteiger partial charge in [-0.1, -0.05) is 35.9 Å². The summed E-state index contributed by atoms with van der Waals surface area (Å²) in [6.45, 7) is 2.37. The summed E-state index contributed by atoms with van der Waals surface area (Å²) in [7, 11) is 0. The second-order valence-corrected chi connectivity index (χ2v) is 6.86. The lowest BCUT2D eigenvalue weighted by molar-refractivity contribution is -0.136. The van der Waals surface area contributed by atoms with Crippen LogP contribution in [0.1, 0.15) is 45.1 Å². The van der Waals surface area contributed by atoms with Gasteiger partial charge in [0.2, 0.25) is 0 Å². The van der Waals surface area contributed by atoms with Gasteiger partial charge in [0.15, 0.2) is 0 Å². The molecule has 0 fully saturated rings. The maximum Gasteiger partial charge on any atom is 0.303 e. The molecule has 0 bridgehead atoms. The normalized spacial score (nSPS) is 17.5. The summed E-state index contributed by atoms with van der Waals surface area (Å²) in [4.78, 5) is 10.9. The van der Waals surface area contributed by atoms with E-state index in [9.17, 15) is 4.79 Å². The number of aliphatic carboxylic acids is 1. The zero-order valence-corrected chi connectivity index (χ0v) is 15.4. The van der Waals surface area contributed by atoms with E-state index >= 15 is 0 Å². The van der Waals surface area contributed by atoms with E-state index in [1.807, 2.05) is 31.2 Å². The highest BCUT2D eigenvalue weighted by Crippen LogP contribution is 2.35. The van der Waals surface area contributed by atoms with Crippen molar-refractivity contribution in [3.63, 3.8) is 0 Å². The lowest BCUT2D eigenvalue weighted by atomic mass is 10.0. The molecule has 2 atom stereocenters. The van der Waals surface area contributed by atoms with E-state index in [1.54, 1.807) is 18.2 Å². The first-order chi connectivity index (χ1) is 13.4. The van der Waals surface area contributed by atoms with E-state index in [2.05, 4.69) is 0 Å². The number of rotatable bonds is 7. The molecule has 2 aromatic carbocycles. The summed E-state index contributed by atoms with van der Waals surface area (Å²) >= 11 is 5.99. The Morgan fingerprint density at radius 1 is 1.23 bits per heavy atom. The summed E-state index contributed by atoms with van der Waals surface area (Å²) < 4.78 is 21.6. The van der Waals surface area contributed by atoms with E-state index < -0.39 is 18.8 Å². The number of carboxylic acids is 1. The van der Waals surface area contributed by atoms with Crippen LogP contribution in [0.2, 0.25) is 5.02 Å². The van der Waals surface area contributed by atoms with E-state index in [0.717, 1.165) is 29.8 Å². The Kier molecular flexibility index (Phi) is 5.16. The van der Waals surface area contributed by atoms with Crippen molar-refractivity contribution in [3.8, 4) is 5.75 Å². The first-order valence-electron chi connectivity index (χ1n) is 9.79. The second kappa shape index (κ2) is 8.41. The zero-order chi connectivity index (χ0) is 20.3. The summed E-state index contributed by atoms with van der Waals surface area (Å²) in [6.07, 6.45) is 0.507. The Bertz CT molecular complexity index is 893. The van der Waals surface area contributed by atoms with Crippen molar-refractivity contribution in [3.05, 3.63) is 69.8 Å². The van der Waals surface area contributed by atoms with Crippen molar-refractivity contribution in [1.82, 2.24) is 0 Å². The quantitative estimate of drug-likeness (QED) is 0.679. The van der Waals surface area contributed by atoms with Crippen LogP contribution in [0.15, 0.2) is 48.0 Å². The molecule has 2 unspecified atom stereocenters. The molecule has 0 aliphatic heterocycles. The van der Waals surface area contributed by atoms with Crippen LogP contribution < -0.4 is 4.74 Å². The van der Waals surface area contributed by atoms with Crippen molar-refractivity contribution >= 4 is 23.1 Å². The third-order valence-corrected chi connectivity index (χ3v) is 4.80. The van der Waals surface area contributed by atoms with Gasteiger partial charge < -0.3 is 9.84 Å². The van der Waals surface area contributed by atoms with Crippen LogP contribution in [0, 0.1) is 6.92 Å². The third-order valence-electron chi connectivity index (χ3n) is 4.54. The Morgan fingerprint density at radius 2 is 2.00 bits per heavy atom. The first kappa shape index (κ1) is 16.0. The highest BCUT2D eigenvalue weighted by atomic mass is 35.5. The van der Waals surface area contributed by atoms with Gasteiger partial charge >= 0.3 is 5.97 Å². The van der Waals surface area contributed by atoms with E-state index in [4.69, 9.17) is 24.2 Å². The topological polar surface area (TPSA) is 46.5 Å². The molecule has 0 spiro atoms. The van der Waals surface area contributed by atoms with E-state index in [-0.39, 0.29) is 0 Å². The van der Waals surface area contributed by atoms with Gasteiger partial charge in [0.25, 0.3) is 0 Å². The van der Waals surface area contributed by atoms with Gasteiger partial charge in [0.1, 0.15) is 12.4 Å². The molecule has 1 aliphatic carbocycles. The van der Waals surface area contributed by atoms with Crippen molar-refractivity contribution in [1.29, 1.82) is 0 Å². The molecule has 0 saturated heterocycles. The molecule has 0 aromatic heterocycles. The summed E-state index contributed by atoms with van der Waals surface area (Å²) in [5, 5.41) is 9.66. The molecule has 0 saturated carbocycles. The van der Waals surface area contributed by atoms with Gasteiger partial charge in [-0.25, -0.2) is 0 Å². The minimum Gasteiger partial charge on any atom is -0.489 e. The van der Waals surface area contributed by atoms with Gasteiger partial charge in [-0.05, 0) is 78.6 Å². The monoisotopic (exact) mass is 372 g/mol. The maximum atomic E-state index is 10.9. The lowest BCUT2D eigenvalue weighted by Gasteiger charge is -2.13. The fourth-order valence-corrected chi connectivity index (χ4v) is 3.36. The van der Waals surface area contributed by atoms with Crippen LogP contribution in [0.25, 0.3) is 5.57 Å². The molecule has 4 heteroatoms. The smallest absolute Gasteiger partial charge is 0.303 e. The van der Waals surface area contributed by atoms with Gasteiger partial charge in [0, 0.05) is 14.2 Å². The number of hydrogen-bond acceptors (Lipinski definition) is 2. The number of aryl methyl sites for hydroxylation is 2. The van der Waals surface area contributed by atoms with Gasteiger partial charge in [0.05, 0.1) is 0 Å². The van der Waals surface area contributed by atoms with Crippen molar-refractivity contribution < 1.29 is 17.4 Å². The molecule has 1 N–H and O–H groups in total. The van der Waals surface area contributed by atoms with Gasteiger partial charge in [-0.15, -0.1) is 0 Å². The van der Waals surface area contributed by atoms with Crippen LogP contribution in [-0.4, -0.2) is 17.7 Å². The summed E-state index contributed by atoms with van der Waals surface area (Å²) in [5.74, 6) is -0.580. The van der Waals surface area contributed by atoms with E-state index in [0.29, 0.717) is 17.9 Å². The van der Waals surface area contributed by atoms with Crippen molar-refractivity contribution in [2.45, 2.75) is 39.0 Å². The molecule has 3 rings (SSSR count).